The number of nitrogen functional groups attached to an aromatic ring is 1. The van der Waals surface area contributed by atoms with E-state index < -0.39 is 12.1 Å². The lowest BCUT2D eigenvalue weighted by atomic mass is 9.96. The third-order valence-electron chi connectivity index (χ3n) is 3.70. The Hall–Kier alpha value is -1.72. The van der Waals surface area contributed by atoms with E-state index in [4.69, 9.17) is 5.73 Å². The third-order valence-corrected chi connectivity index (χ3v) is 3.70. The highest BCUT2D eigenvalue weighted by molar-refractivity contribution is 5.95. The van der Waals surface area contributed by atoms with Gasteiger partial charge in [0, 0.05) is 24.3 Å². The standard InChI is InChI=1S/C14H17F3N2O/c1-9-4-5-10(7-12(9)18)13(20)19-6-2-3-11(8-19)14(15,16)17/h4-5,7,11H,2-3,6,8,18H2,1H3. The minimum atomic E-state index is -4.24. The number of carbonyl (C=O) groups excluding carboxylic acids is 1. The maximum absolute atomic E-state index is 12.7. The van der Waals surface area contributed by atoms with Crippen LogP contribution in [0, 0.1) is 12.8 Å². The van der Waals surface area contributed by atoms with Gasteiger partial charge in [-0.2, -0.15) is 13.2 Å². The van der Waals surface area contributed by atoms with E-state index in [9.17, 15) is 18.0 Å². The maximum atomic E-state index is 12.7. The second kappa shape index (κ2) is 5.34. The Labute approximate surface area is 115 Å². The molecular formula is C14H17F3N2O. The van der Waals surface area contributed by atoms with Crippen LogP contribution in [-0.2, 0) is 0 Å². The fourth-order valence-corrected chi connectivity index (χ4v) is 2.38. The van der Waals surface area contributed by atoms with Crippen LogP contribution in [-0.4, -0.2) is 30.1 Å². The summed E-state index contributed by atoms with van der Waals surface area (Å²) in [5.41, 5.74) is 7.39. The molecule has 1 saturated heterocycles. The monoisotopic (exact) mass is 286 g/mol. The Balaban J connectivity index is 2.14. The van der Waals surface area contributed by atoms with Crippen LogP contribution in [0.4, 0.5) is 18.9 Å². The fourth-order valence-electron chi connectivity index (χ4n) is 2.38. The molecule has 0 spiro atoms. The number of halogens is 3. The zero-order valence-electron chi connectivity index (χ0n) is 11.2. The summed E-state index contributed by atoms with van der Waals surface area (Å²) in [7, 11) is 0. The van der Waals surface area contributed by atoms with Crippen LogP contribution in [0.3, 0.4) is 0 Å². The zero-order valence-corrected chi connectivity index (χ0v) is 11.2. The lowest BCUT2D eigenvalue weighted by Crippen LogP contribution is -2.44. The number of alkyl halides is 3. The van der Waals surface area contributed by atoms with Crippen molar-refractivity contribution in [2.45, 2.75) is 25.9 Å². The predicted octanol–water partition coefficient (Wildman–Crippen LogP) is 2.99. The molecule has 1 heterocycles. The fraction of sp³-hybridized carbons (Fsp3) is 0.500. The summed E-state index contributed by atoms with van der Waals surface area (Å²) in [6, 6.07) is 4.83. The topological polar surface area (TPSA) is 46.3 Å². The Kier molecular flexibility index (Phi) is 3.92. The zero-order chi connectivity index (χ0) is 14.9. The van der Waals surface area contributed by atoms with Gasteiger partial charge in [0.2, 0.25) is 0 Å². The third kappa shape index (κ3) is 3.05. The number of anilines is 1. The first-order chi connectivity index (χ1) is 9.29. The number of likely N-dealkylation sites (tertiary alicyclic amines) is 1. The Morgan fingerprint density at radius 2 is 2.10 bits per heavy atom. The molecule has 1 aromatic rings. The van der Waals surface area contributed by atoms with E-state index in [0.717, 1.165) is 5.56 Å². The van der Waals surface area contributed by atoms with Crippen LogP contribution in [0.1, 0.15) is 28.8 Å². The summed E-state index contributed by atoms with van der Waals surface area (Å²) in [5.74, 6) is -1.81. The molecule has 20 heavy (non-hydrogen) atoms. The molecule has 110 valence electrons. The molecule has 0 bridgehead atoms. The van der Waals surface area contributed by atoms with Crippen LogP contribution in [0.2, 0.25) is 0 Å². The van der Waals surface area contributed by atoms with Crippen molar-refractivity contribution in [1.29, 1.82) is 0 Å². The van der Waals surface area contributed by atoms with Crippen LogP contribution in [0.5, 0.6) is 0 Å². The first-order valence-electron chi connectivity index (χ1n) is 6.51. The molecule has 1 unspecified atom stereocenters. The molecule has 6 heteroatoms. The molecule has 1 aromatic carbocycles. The lowest BCUT2D eigenvalue weighted by molar-refractivity contribution is -0.184. The number of nitrogens with zero attached hydrogens (tertiary/aromatic N) is 1. The molecule has 1 aliphatic heterocycles. The highest BCUT2D eigenvalue weighted by atomic mass is 19.4. The number of hydrogen-bond donors (Lipinski definition) is 1. The minimum absolute atomic E-state index is 0.0866. The van der Waals surface area contributed by atoms with Gasteiger partial charge < -0.3 is 10.6 Å². The summed E-state index contributed by atoms with van der Waals surface area (Å²) in [4.78, 5) is 13.5. The Morgan fingerprint density at radius 3 is 2.70 bits per heavy atom. The van der Waals surface area contributed by atoms with E-state index in [1.165, 1.54) is 11.0 Å². The average molecular weight is 286 g/mol. The second-order valence-corrected chi connectivity index (χ2v) is 5.20. The van der Waals surface area contributed by atoms with Crippen molar-refractivity contribution in [3.8, 4) is 0 Å². The van der Waals surface area contributed by atoms with Crippen molar-refractivity contribution in [3.05, 3.63) is 29.3 Å². The van der Waals surface area contributed by atoms with E-state index in [1.807, 2.05) is 6.92 Å². The number of carbonyl (C=O) groups is 1. The molecular weight excluding hydrogens is 269 g/mol. The average Bonchev–Trinajstić information content (AvgIpc) is 2.40. The van der Waals surface area contributed by atoms with E-state index in [-0.39, 0.29) is 18.9 Å². The van der Waals surface area contributed by atoms with Crippen LogP contribution in [0.25, 0.3) is 0 Å². The molecule has 1 fully saturated rings. The molecule has 1 amide bonds. The number of amides is 1. The molecule has 0 radical (unpaired) electrons. The minimum Gasteiger partial charge on any atom is -0.398 e. The molecule has 3 nitrogen and oxygen atoms in total. The normalized spacial score (nSPS) is 20.0. The van der Waals surface area contributed by atoms with Crippen molar-refractivity contribution < 1.29 is 18.0 Å². The van der Waals surface area contributed by atoms with Gasteiger partial charge in [0.1, 0.15) is 0 Å². The number of nitrogens with two attached hydrogens (primary N) is 1. The van der Waals surface area contributed by atoms with E-state index in [2.05, 4.69) is 0 Å². The SMILES string of the molecule is Cc1ccc(C(=O)N2CCCC(C(F)(F)F)C2)cc1N. The Morgan fingerprint density at radius 1 is 1.40 bits per heavy atom. The maximum Gasteiger partial charge on any atom is 0.393 e. The first kappa shape index (κ1) is 14.7. The lowest BCUT2D eigenvalue weighted by Gasteiger charge is -2.33. The largest absolute Gasteiger partial charge is 0.398 e. The molecule has 1 aliphatic rings. The summed E-state index contributed by atoms with van der Waals surface area (Å²) >= 11 is 0. The summed E-state index contributed by atoms with van der Waals surface area (Å²) < 4.78 is 38.2. The van der Waals surface area contributed by atoms with Crippen molar-refractivity contribution >= 4 is 11.6 Å². The van der Waals surface area contributed by atoms with E-state index >= 15 is 0 Å². The summed E-state index contributed by atoms with van der Waals surface area (Å²) in [6.45, 7) is 1.90. The number of benzene rings is 1. The highest BCUT2D eigenvalue weighted by Crippen LogP contribution is 2.33. The molecule has 1 atom stereocenters. The van der Waals surface area contributed by atoms with Crippen molar-refractivity contribution in [1.82, 2.24) is 4.90 Å². The summed E-state index contributed by atoms with van der Waals surface area (Å²) in [6.07, 6.45) is -3.79. The first-order valence-corrected chi connectivity index (χ1v) is 6.51. The van der Waals surface area contributed by atoms with Crippen LogP contribution < -0.4 is 5.73 Å². The van der Waals surface area contributed by atoms with Crippen LogP contribution in [0.15, 0.2) is 18.2 Å². The molecule has 2 N–H and O–H groups in total. The van der Waals surface area contributed by atoms with E-state index in [1.54, 1.807) is 12.1 Å². The molecule has 0 saturated carbocycles. The van der Waals surface area contributed by atoms with Gasteiger partial charge in [-0.25, -0.2) is 0 Å². The summed E-state index contributed by atoms with van der Waals surface area (Å²) in [5, 5.41) is 0. The van der Waals surface area contributed by atoms with Crippen molar-refractivity contribution in [3.63, 3.8) is 0 Å². The van der Waals surface area contributed by atoms with Gasteiger partial charge >= 0.3 is 6.18 Å². The van der Waals surface area contributed by atoms with Gasteiger partial charge in [-0.3, -0.25) is 4.79 Å². The van der Waals surface area contributed by atoms with Gasteiger partial charge in [0.15, 0.2) is 0 Å². The van der Waals surface area contributed by atoms with E-state index in [0.29, 0.717) is 24.2 Å². The molecule has 2 rings (SSSR count). The number of rotatable bonds is 1. The second-order valence-electron chi connectivity index (χ2n) is 5.20. The molecule has 0 aliphatic carbocycles. The smallest absolute Gasteiger partial charge is 0.393 e. The molecule has 0 aromatic heterocycles. The quantitative estimate of drug-likeness (QED) is 0.807. The van der Waals surface area contributed by atoms with Gasteiger partial charge in [-0.15, -0.1) is 0 Å². The van der Waals surface area contributed by atoms with Gasteiger partial charge in [-0.1, -0.05) is 6.07 Å². The Bertz CT molecular complexity index is 514. The van der Waals surface area contributed by atoms with Gasteiger partial charge in [0.05, 0.1) is 5.92 Å². The van der Waals surface area contributed by atoms with Crippen molar-refractivity contribution in [2.24, 2.45) is 5.92 Å². The number of piperidine rings is 1. The number of hydrogen-bond acceptors (Lipinski definition) is 2. The van der Waals surface area contributed by atoms with Gasteiger partial charge in [-0.05, 0) is 37.5 Å². The highest BCUT2D eigenvalue weighted by Gasteiger charge is 2.42. The van der Waals surface area contributed by atoms with Gasteiger partial charge in [0.25, 0.3) is 5.91 Å². The predicted molar refractivity (Wildman–Crippen MR) is 70.3 cm³/mol. The van der Waals surface area contributed by atoms with Crippen LogP contribution >= 0.6 is 0 Å². The van der Waals surface area contributed by atoms with Crippen molar-refractivity contribution in [2.75, 3.05) is 18.8 Å². The number of aryl methyl sites for hydroxylation is 1.